The highest BCUT2D eigenvalue weighted by atomic mass is 127. The molecule has 0 aliphatic carbocycles. The van der Waals surface area contributed by atoms with Gasteiger partial charge in [-0.25, -0.2) is 9.97 Å². The van der Waals surface area contributed by atoms with E-state index in [4.69, 9.17) is 5.73 Å². The second-order valence-electron chi connectivity index (χ2n) is 2.03. The number of hydrogen-bond acceptors (Lipinski definition) is 4. The highest BCUT2D eigenvalue weighted by Gasteiger charge is 2.00. The summed E-state index contributed by atoms with van der Waals surface area (Å²) in [5.41, 5.74) is 6.25. The van der Waals surface area contributed by atoms with Gasteiger partial charge in [0.1, 0.15) is 0 Å². The van der Waals surface area contributed by atoms with Crippen LogP contribution in [0.15, 0.2) is 12.3 Å². The van der Waals surface area contributed by atoms with E-state index < -0.39 is 0 Å². The molecule has 0 amide bonds. The maximum atomic E-state index is 5.51. The molecular formula is C6H4IN3S. The minimum atomic E-state index is 0.578. The Morgan fingerprint density at radius 1 is 1.55 bits per heavy atom. The molecule has 56 valence electrons. The van der Waals surface area contributed by atoms with E-state index in [1.165, 1.54) is 11.3 Å². The van der Waals surface area contributed by atoms with E-state index in [1.54, 1.807) is 6.20 Å². The standard InChI is InChI=1S/C6H4IN3S/c7-3-1-4-5(9-2-3)10-6(8)11-4/h1-2H,(H2,8,9,10). The summed E-state index contributed by atoms with van der Waals surface area (Å²) >= 11 is 3.68. The van der Waals surface area contributed by atoms with Crippen LogP contribution in [0.2, 0.25) is 0 Å². The fourth-order valence-corrected chi connectivity index (χ4v) is 2.21. The summed E-state index contributed by atoms with van der Waals surface area (Å²) in [5, 5.41) is 0.578. The summed E-state index contributed by atoms with van der Waals surface area (Å²) < 4.78 is 2.16. The number of anilines is 1. The molecule has 11 heavy (non-hydrogen) atoms. The summed E-state index contributed by atoms with van der Waals surface area (Å²) in [6, 6.07) is 2.02. The molecule has 0 spiro atoms. The molecule has 0 bridgehead atoms. The first-order valence-electron chi connectivity index (χ1n) is 2.93. The Morgan fingerprint density at radius 2 is 2.36 bits per heavy atom. The number of nitrogens with zero attached hydrogens (tertiary/aromatic N) is 2. The molecule has 2 heterocycles. The van der Waals surface area contributed by atoms with E-state index >= 15 is 0 Å². The maximum Gasteiger partial charge on any atom is 0.182 e. The zero-order valence-corrected chi connectivity index (χ0v) is 8.39. The molecule has 0 aliphatic rings. The van der Waals surface area contributed by atoms with E-state index in [0.29, 0.717) is 5.13 Å². The molecule has 2 aromatic heterocycles. The lowest BCUT2D eigenvalue weighted by atomic mass is 10.5. The van der Waals surface area contributed by atoms with Crippen molar-refractivity contribution >= 4 is 49.4 Å². The Morgan fingerprint density at radius 3 is 3.18 bits per heavy atom. The summed E-state index contributed by atoms with van der Waals surface area (Å²) in [6.07, 6.45) is 1.78. The number of pyridine rings is 1. The number of nitrogens with two attached hydrogens (primary N) is 1. The monoisotopic (exact) mass is 277 g/mol. The molecule has 2 rings (SSSR count). The Kier molecular flexibility index (Phi) is 1.68. The van der Waals surface area contributed by atoms with E-state index in [0.717, 1.165) is 13.9 Å². The number of hydrogen-bond donors (Lipinski definition) is 1. The van der Waals surface area contributed by atoms with Gasteiger partial charge in [0, 0.05) is 9.77 Å². The van der Waals surface area contributed by atoms with Gasteiger partial charge in [0.05, 0.1) is 4.70 Å². The zero-order valence-electron chi connectivity index (χ0n) is 5.41. The zero-order chi connectivity index (χ0) is 7.84. The van der Waals surface area contributed by atoms with Crippen molar-refractivity contribution in [1.82, 2.24) is 9.97 Å². The van der Waals surface area contributed by atoms with E-state index in [-0.39, 0.29) is 0 Å². The molecule has 5 heteroatoms. The summed E-state index contributed by atoms with van der Waals surface area (Å²) in [4.78, 5) is 8.15. The molecule has 2 aromatic rings. The highest BCUT2D eigenvalue weighted by molar-refractivity contribution is 14.1. The smallest absolute Gasteiger partial charge is 0.182 e. The lowest BCUT2D eigenvalue weighted by Gasteiger charge is -1.86. The molecule has 0 aliphatic heterocycles. The lowest BCUT2D eigenvalue weighted by molar-refractivity contribution is 1.32. The first kappa shape index (κ1) is 7.23. The number of aromatic nitrogens is 2. The van der Waals surface area contributed by atoms with Crippen molar-refractivity contribution < 1.29 is 0 Å². The first-order valence-corrected chi connectivity index (χ1v) is 4.83. The average Bonchev–Trinajstić information content (AvgIpc) is 2.27. The summed E-state index contributed by atoms with van der Waals surface area (Å²) in [7, 11) is 0. The van der Waals surface area contributed by atoms with Crippen LogP contribution in [0.3, 0.4) is 0 Å². The molecule has 0 aromatic carbocycles. The quantitative estimate of drug-likeness (QED) is 0.748. The fourth-order valence-electron chi connectivity index (χ4n) is 0.812. The van der Waals surface area contributed by atoms with Gasteiger partial charge < -0.3 is 5.73 Å². The fraction of sp³-hybridized carbons (Fsp3) is 0. The largest absolute Gasteiger partial charge is 0.375 e. The number of fused-ring (bicyclic) bond motifs is 1. The van der Waals surface area contributed by atoms with Crippen LogP contribution in [-0.2, 0) is 0 Å². The molecule has 0 radical (unpaired) electrons. The molecule has 0 unspecified atom stereocenters. The Labute approximate surface area is 80.8 Å². The number of halogens is 1. The second-order valence-corrected chi connectivity index (χ2v) is 4.34. The van der Waals surface area contributed by atoms with Crippen LogP contribution in [0.5, 0.6) is 0 Å². The van der Waals surface area contributed by atoms with Crippen LogP contribution in [0.4, 0.5) is 5.13 Å². The van der Waals surface area contributed by atoms with Crippen molar-refractivity contribution in [2.24, 2.45) is 0 Å². The SMILES string of the molecule is Nc1nc2ncc(I)cc2s1. The Balaban J connectivity index is 2.82. The minimum absolute atomic E-state index is 0.578. The molecule has 0 saturated heterocycles. The van der Waals surface area contributed by atoms with Gasteiger partial charge in [0.2, 0.25) is 0 Å². The Hall–Kier alpha value is -0.430. The van der Waals surface area contributed by atoms with Crippen molar-refractivity contribution in [1.29, 1.82) is 0 Å². The van der Waals surface area contributed by atoms with Crippen LogP contribution < -0.4 is 5.73 Å². The van der Waals surface area contributed by atoms with Crippen LogP contribution in [0.1, 0.15) is 0 Å². The topological polar surface area (TPSA) is 51.8 Å². The van der Waals surface area contributed by atoms with Crippen molar-refractivity contribution in [2.75, 3.05) is 5.73 Å². The Bertz CT molecular complexity index is 398. The van der Waals surface area contributed by atoms with Gasteiger partial charge in [-0.1, -0.05) is 11.3 Å². The van der Waals surface area contributed by atoms with Crippen molar-refractivity contribution in [3.8, 4) is 0 Å². The van der Waals surface area contributed by atoms with Crippen LogP contribution in [-0.4, -0.2) is 9.97 Å². The van der Waals surface area contributed by atoms with Crippen molar-refractivity contribution in [3.63, 3.8) is 0 Å². The molecule has 0 fully saturated rings. The number of thiazole rings is 1. The lowest BCUT2D eigenvalue weighted by Crippen LogP contribution is -1.81. The number of nitrogen functional groups attached to an aromatic ring is 1. The molecule has 0 saturated carbocycles. The van der Waals surface area contributed by atoms with Gasteiger partial charge in [0.15, 0.2) is 10.8 Å². The molecule has 0 atom stereocenters. The first-order chi connectivity index (χ1) is 5.25. The predicted molar refractivity (Wildman–Crippen MR) is 54.5 cm³/mol. The van der Waals surface area contributed by atoms with Gasteiger partial charge in [-0.3, -0.25) is 0 Å². The van der Waals surface area contributed by atoms with E-state index in [2.05, 4.69) is 32.6 Å². The normalized spacial score (nSPS) is 10.6. The average molecular weight is 277 g/mol. The molecule has 2 N–H and O–H groups in total. The third-order valence-corrected chi connectivity index (χ3v) is 2.64. The predicted octanol–water partition coefficient (Wildman–Crippen LogP) is 1.88. The van der Waals surface area contributed by atoms with Crippen molar-refractivity contribution in [3.05, 3.63) is 15.8 Å². The molecular weight excluding hydrogens is 273 g/mol. The second kappa shape index (κ2) is 2.56. The van der Waals surface area contributed by atoms with Gasteiger partial charge in [-0.15, -0.1) is 0 Å². The van der Waals surface area contributed by atoms with Crippen LogP contribution in [0, 0.1) is 3.57 Å². The third kappa shape index (κ3) is 1.30. The van der Waals surface area contributed by atoms with Gasteiger partial charge in [0.25, 0.3) is 0 Å². The van der Waals surface area contributed by atoms with Gasteiger partial charge in [-0.05, 0) is 28.7 Å². The van der Waals surface area contributed by atoms with Crippen molar-refractivity contribution in [2.45, 2.75) is 0 Å². The highest BCUT2D eigenvalue weighted by Crippen LogP contribution is 2.22. The molecule has 3 nitrogen and oxygen atoms in total. The van der Waals surface area contributed by atoms with Crippen LogP contribution >= 0.6 is 33.9 Å². The maximum absolute atomic E-state index is 5.51. The van der Waals surface area contributed by atoms with E-state index in [1.807, 2.05) is 6.07 Å². The summed E-state index contributed by atoms with van der Waals surface area (Å²) in [5.74, 6) is 0. The number of rotatable bonds is 0. The van der Waals surface area contributed by atoms with Gasteiger partial charge >= 0.3 is 0 Å². The minimum Gasteiger partial charge on any atom is -0.375 e. The summed E-state index contributed by atoms with van der Waals surface area (Å²) in [6.45, 7) is 0. The van der Waals surface area contributed by atoms with Gasteiger partial charge in [-0.2, -0.15) is 0 Å². The van der Waals surface area contributed by atoms with E-state index in [9.17, 15) is 0 Å². The van der Waals surface area contributed by atoms with Crippen LogP contribution in [0.25, 0.3) is 10.3 Å². The third-order valence-electron chi connectivity index (χ3n) is 1.23.